The molecule has 1 aliphatic heterocycles. The highest BCUT2D eigenvalue weighted by Crippen LogP contribution is 2.39. The molecular weight excluding hydrogens is 318 g/mol. The Morgan fingerprint density at radius 1 is 1.16 bits per heavy atom. The average molecular weight is 345 g/mol. The maximum atomic E-state index is 12.6. The van der Waals surface area contributed by atoms with Crippen LogP contribution in [0.3, 0.4) is 0 Å². The van der Waals surface area contributed by atoms with Crippen LogP contribution in [0.15, 0.2) is 24.3 Å². The van der Waals surface area contributed by atoms with E-state index in [2.05, 4.69) is 16.0 Å². The maximum absolute atomic E-state index is 12.6. The first-order valence-corrected chi connectivity index (χ1v) is 9.14. The van der Waals surface area contributed by atoms with Crippen LogP contribution < -0.4 is 20.7 Å². The standard InChI is InChI=1S/C19H27N3O3/c1-25-15-9-7-14(8-10-15)19(11-3-4-12-19)22-18(24)21-16-6-2-5-13-20-17(16)23/h7-10,16H,2-6,11-13H2,1H3,(H,20,23)(H2,21,22,24)/t16-/m0/s1. The van der Waals surface area contributed by atoms with Crippen molar-refractivity contribution in [3.63, 3.8) is 0 Å². The third kappa shape index (κ3) is 4.06. The van der Waals surface area contributed by atoms with Crippen LogP contribution in [0.2, 0.25) is 0 Å². The molecule has 2 aliphatic rings. The number of amides is 3. The molecule has 1 saturated heterocycles. The van der Waals surface area contributed by atoms with Crippen LogP contribution in [0.4, 0.5) is 4.79 Å². The van der Waals surface area contributed by atoms with Gasteiger partial charge in [-0.1, -0.05) is 25.0 Å². The predicted molar refractivity (Wildman–Crippen MR) is 95.5 cm³/mol. The molecule has 0 radical (unpaired) electrons. The minimum atomic E-state index is -0.447. The van der Waals surface area contributed by atoms with Crippen LogP contribution in [0.5, 0.6) is 5.75 Å². The Labute approximate surface area is 148 Å². The molecule has 0 bridgehead atoms. The van der Waals surface area contributed by atoms with E-state index in [0.29, 0.717) is 13.0 Å². The monoisotopic (exact) mass is 345 g/mol. The molecule has 136 valence electrons. The van der Waals surface area contributed by atoms with Gasteiger partial charge in [0.15, 0.2) is 0 Å². The van der Waals surface area contributed by atoms with Crippen LogP contribution in [0.1, 0.15) is 50.5 Å². The van der Waals surface area contributed by atoms with Gasteiger partial charge < -0.3 is 20.7 Å². The van der Waals surface area contributed by atoms with Gasteiger partial charge in [-0.2, -0.15) is 0 Å². The third-order valence-electron chi connectivity index (χ3n) is 5.29. The molecule has 3 rings (SSSR count). The van der Waals surface area contributed by atoms with Crippen molar-refractivity contribution >= 4 is 11.9 Å². The van der Waals surface area contributed by atoms with E-state index in [1.807, 2.05) is 24.3 Å². The Kier molecular flexibility index (Phi) is 5.46. The summed E-state index contributed by atoms with van der Waals surface area (Å²) in [7, 11) is 1.64. The number of benzene rings is 1. The second kappa shape index (κ2) is 7.76. The fourth-order valence-corrected chi connectivity index (χ4v) is 3.86. The average Bonchev–Trinajstić information content (AvgIpc) is 3.00. The first-order valence-electron chi connectivity index (χ1n) is 9.14. The van der Waals surface area contributed by atoms with E-state index in [1.165, 1.54) is 0 Å². The summed E-state index contributed by atoms with van der Waals surface area (Å²) in [5.41, 5.74) is 0.726. The van der Waals surface area contributed by atoms with Gasteiger partial charge in [0.1, 0.15) is 11.8 Å². The van der Waals surface area contributed by atoms with E-state index in [-0.39, 0.29) is 17.5 Å². The lowest BCUT2D eigenvalue weighted by Crippen LogP contribution is -2.54. The van der Waals surface area contributed by atoms with Crippen LogP contribution in [0, 0.1) is 0 Å². The van der Waals surface area contributed by atoms with Crippen molar-refractivity contribution in [2.75, 3.05) is 13.7 Å². The zero-order valence-electron chi connectivity index (χ0n) is 14.8. The van der Waals surface area contributed by atoms with E-state index in [9.17, 15) is 9.59 Å². The van der Waals surface area contributed by atoms with E-state index in [0.717, 1.165) is 49.8 Å². The lowest BCUT2D eigenvalue weighted by atomic mass is 9.88. The third-order valence-corrected chi connectivity index (χ3v) is 5.29. The van der Waals surface area contributed by atoms with Gasteiger partial charge in [0.05, 0.1) is 12.6 Å². The lowest BCUT2D eigenvalue weighted by Gasteiger charge is -2.32. The van der Waals surface area contributed by atoms with Crippen LogP contribution in [-0.2, 0) is 10.3 Å². The molecule has 3 amide bonds. The van der Waals surface area contributed by atoms with E-state index in [4.69, 9.17) is 4.74 Å². The van der Waals surface area contributed by atoms with Crippen molar-refractivity contribution in [2.45, 2.75) is 56.5 Å². The minimum absolute atomic E-state index is 0.0856. The largest absolute Gasteiger partial charge is 0.497 e. The Morgan fingerprint density at radius 3 is 2.56 bits per heavy atom. The molecule has 0 unspecified atom stereocenters. The fraction of sp³-hybridized carbons (Fsp3) is 0.579. The Bertz CT molecular complexity index is 609. The van der Waals surface area contributed by atoms with Gasteiger partial charge in [0.25, 0.3) is 0 Å². The Morgan fingerprint density at radius 2 is 1.88 bits per heavy atom. The first-order chi connectivity index (χ1) is 12.1. The summed E-state index contributed by atoms with van der Waals surface area (Å²) in [5.74, 6) is 0.717. The molecule has 1 saturated carbocycles. The number of urea groups is 1. The van der Waals surface area contributed by atoms with Gasteiger partial charge >= 0.3 is 6.03 Å². The molecule has 25 heavy (non-hydrogen) atoms. The van der Waals surface area contributed by atoms with Gasteiger partial charge in [0.2, 0.25) is 5.91 Å². The predicted octanol–water partition coefficient (Wildman–Crippen LogP) is 2.43. The summed E-state index contributed by atoms with van der Waals surface area (Å²) < 4.78 is 5.23. The second-order valence-electron chi connectivity index (χ2n) is 6.96. The van der Waals surface area contributed by atoms with Gasteiger partial charge in [-0.15, -0.1) is 0 Å². The SMILES string of the molecule is COc1ccc(C2(NC(=O)N[C@H]3CCCCNC3=O)CCCC2)cc1. The summed E-state index contributed by atoms with van der Waals surface area (Å²) in [5, 5.41) is 8.88. The summed E-state index contributed by atoms with van der Waals surface area (Å²) in [6, 6.07) is 7.17. The quantitative estimate of drug-likeness (QED) is 0.784. The van der Waals surface area contributed by atoms with Gasteiger partial charge in [-0.3, -0.25) is 4.79 Å². The summed E-state index contributed by atoms with van der Waals surface area (Å²) in [4.78, 5) is 24.6. The highest BCUT2D eigenvalue weighted by atomic mass is 16.5. The maximum Gasteiger partial charge on any atom is 0.316 e. The topological polar surface area (TPSA) is 79.5 Å². The highest BCUT2D eigenvalue weighted by molar-refractivity contribution is 5.87. The van der Waals surface area contributed by atoms with Gasteiger partial charge in [-0.05, 0) is 49.8 Å². The molecule has 2 fully saturated rings. The molecular formula is C19H27N3O3. The highest BCUT2D eigenvalue weighted by Gasteiger charge is 2.37. The van der Waals surface area contributed by atoms with E-state index in [1.54, 1.807) is 7.11 Å². The molecule has 0 spiro atoms. The number of carbonyl (C=O) groups excluding carboxylic acids is 2. The van der Waals surface area contributed by atoms with Crippen LogP contribution >= 0.6 is 0 Å². The summed E-state index contributed by atoms with van der Waals surface area (Å²) in [6.07, 6.45) is 6.56. The number of carbonyl (C=O) groups is 2. The molecule has 1 aromatic rings. The van der Waals surface area contributed by atoms with E-state index < -0.39 is 6.04 Å². The number of ether oxygens (including phenoxy) is 1. The second-order valence-corrected chi connectivity index (χ2v) is 6.96. The Balaban J connectivity index is 1.70. The van der Waals surface area contributed by atoms with Gasteiger partial charge in [-0.25, -0.2) is 4.79 Å². The molecule has 6 nitrogen and oxygen atoms in total. The molecule has 0 aromatic heterocycles. The normalized spacial score (nSPS) is 22.6. The first kappa shape index (κ1) is 17.6. The zero-order chi connectivity index (χ0) is 17.7. The number of hydrogen-bond acceptors (Lipinski definition) is 3. The number of methoxy groups -OCH3 is 1. The molecule has 6 heteroatoms. The van der Waals surface area contributed by atoms with Crippen molar-refractivity contribution in [1.29, 1.82) is 0 Å². The molecule has 1 aliphatic carbocycles. The van der Waals surface area contributed by atoms with Crippen LogP contribution in [0.25, 0.3) is 0 Å². The minimum Gasteiger partial charge on any atom is -0.497 e. The van der Waals surface area contributed by atoms with E-state index >= 15 is 0 Å². The van der Waals surface area contributed by atoms with Crippen molar-refractivity contribution in [2.24, 2.45) is 0 Å². The smallest absolute Gasteiger partial charge is 0.316 e. The Hall–Kier alpha value is -2.24. The fourth-order valence-electron chi connectivity index (χ4n) is 3.86. The zero-order valence-corrected chi connectivity index (χ0v) is 14.8. The van der Waals surface area contributed by atoms with Gasteiger partial charge in [0, 0.05) is 6.54 Å². The molecule has 1 aromatic carbocycles. The lowest BCUT2D eigenvalue weighted by molar-refractivity contribution is -0.122. The molecule has 3 N–H and O–H groups in total. The van der Waals surface area contributed by atoms with Crippen molar-refractivity contribution < 1.29 is 14.3 Å². The van der Waals surface area contributed by atoms with Crippen molar-refractivity contribution in [3.05, 3.63) is 29.8 Å². The molecule has 1 atom stereocenters. The van der Waals surface area contributed by atoms with Crippen LogP contribution in [-0.4, -0.2) is 31.6 Å². The number of rotatable bonds is 4. The number of nitrogens with one attached hydrogen (secondary N) is 3. The van der Waals surface area contributed by atoms with Crippen molar-refractivity contribution in [3.8, 4) is 5.75 Å². The van der Waals surface area contributed by atoms with Crippen molar-refractivity contribution in [1.82, 2.24) is 16.0 Å². The summed E-state index contributed by atoms with van der Waals surface area (Å²) >= 11 is 0. The summed E-state index contributed by atoms with van der Waals surface area (Å²) in [6.45, 7) is 0.689. The molecule has 1 heterocycles. The number of hydrogen-bond donors (Lipinski definition) is 3.